The second-order valence-corrected chi connectivity index (χ2v) is 3.79. The van der Waals surface area contributed by atoms with Crippen LogP contribution in [0.2, 0.25) is 0 Å². The second-order valence-electron chi connectivity index (χ2n) is 1.90. The second kappa shape index (κ2) is 5.49. The first-order chi connectivity index (χ1) is 4.66. The zero-order valence-electron chi connectivity index (χ0n) is 5.96. The van der Waals surface area contributed by atoms with Gasteiger partial charge in [-0.2, -0.15) is 0 Å². The third-order valence-electron chi connectivity index (χ3n) is 0.849. The van der Waals surface area contributed by atoms with E-state index in [0.717, 1.165) is 6.42 Å². The van der Waals surface area contributed by atoms with Crippen LogP contribution in [0, 0.1) is 0 Å². The van der Waals surface area contributed by atoms with Crippen molar-refractivity contribution in [3.8, 4) is 0 Å². The van der Waals surface area contributed by atoms with Crippen LogP contribution >= 0.6 is 0 Å². The molecule has 0 aromatic rings. The van der Waals surface area contributed by atoms with Crippen LogP contribution < -0.4 is 0 Å². The van der Waals surface area contributed by atoms with Crippen molar-refractivity contribution in [2.24, 2.45) is 0 Å². The summed E-state index contributed by atoms with van der Waals surface area (Å²) in [5, 5.41) is 0. The Labute approximate surface area is 72.2 Å². The summed E-state index contributed by atoms with van der Waals surface area (Å²) in [6, 6.07) is 0. The molecule has 0 N–H and O–H groups in total. The Morgan fingerprint density at radius 1 is 1.60 bits per heavy atom. The Bertz CT molecular complexity index is 180. The molecule has 0 aromatic carbocycles. The van der Waals surface area contributed by atoms with E-state index in [1.807, 2.05) is 12.2 Å². The van der Waals surface area contributed by atoms with E-state index in [1.165, 1.54) is 23.3 Å². The van der Waals surface area contributed by atoms with Gasteiger partial charge in [-0.1, -0.05) is 0 Å². The van der Waals surface area contributed by atoms with Gasteiger partial charge in [-0.3, -0.25) is 0 Å². The topological polar surface area (TPSA) is 17.1 Å². The number of rotatable bonds is 4. The fraction of sp³-hybridized carbons (Fsp3) is 0.250. The number of hydrogen-bond acceptors (Lipinski definition) is 1. The van der Waals surface area contributed by atoms with E-state index in [-0.39, 0.29) is 5.78 Å². The molecule has 0 saturated heterocycles. The van der Waals surface area contributed by atoms with Crippen LogP contribution in [-0.2, 0) is 24.1 Å². The Balaban J connectivity index is 3.77. The quantitative estimate of drug-likeness (QED) is 0.567. The maximum absolute atomic E-state index is 10.4. The molecule has 0 aliphatic rings. The summed E-state index contributed by atoms with van der Waals surface area (Å²) < 4.78 is 1.24. The van der Waals surface area contributed by atoms with E-state index in [1.54, 1.807) is 13.0 Å². The molecule has 0 bridgehead atoms. The fourth-order valence-electron chi connectivity index (χ4n) is 0.421. The van der Waals surface area contributed by atoms with Crippen LogP contribution in [0.25, 0.3) is 0 Å². The molecule has 54 valence electrons. The number of carbonyl (C=O) groups is 1. The van der Waals surface area contributed by atoms with Crippen molar-refractivity contribution in [3.63, 3.8) is 0 Å². The van der Waals surface area contributed by atoms with Gasteiger partial charge in [0.2, 0.25) is 0 Å². The van der Waals surface area contributed by atoms with Crippen molar-refractivity contribution in [1.82, 2.24) is 0 Å². The van der Waals surface area contributed by atoms with Crippen LogP contribution in [0.3, 0.4) is 0 Å². The van der Waals surface area contributed by atoms with Gasteiger partial charge in [-0.15, -0.1) is 0 Å². The van der Waals surface area contributed by atoms with Crippen molar-refractivity contribution in [2.45, 2.75) is 13.3 Å². The first-order valence-electron chi connectivity index (χ1n) is 2.99. The Kier molecular flexibility index (Phi) is 5.33. The average Bonchev–Trinajstić information content (AvgIpc) is 1.85. The Morgan fingerprint density at radius 3 is 2.60 bits per heavy atom. The number of ketones is 1. The molecule has 0 atom stereocenters. The molecule has 0 aromatic heterocycles. The predicted octanol–water partition coefficient (Wildman–Crippen LogP) is 1.43. The van der Waals surface area contributed by atoms with Crippen molar-refractivity contribution in [2.75, 3.05) is 0 Å². The molecule has 10 heavy (non-hydrogen) atoms. The zero-order chi connectivity index (χ0) is 7.98. The predicted molar refractivity (Wildman–Crippen MR) is 39.6 cm³/mol. The van der Waals surface area contributed by atoms with Gasteiger partial charge in [0, 0.05) is 0 Å². The summed E-state index contributed by atoms with van der Waals surface area (Å²) in [5.74, 6) is 0.0998. The SMILES string of the molecule is C=CC[C](=[W])/C=C\C(C)=O. The molecule has 1 nitrogen and oxygen atoms in total. The van der Waals surface area contributed by atoms with Crippen LogP contribution in [0.1, 0.15) is 13.3 Å². The van der Waals surface area contributed by atoms with Gasteiger partial charge < -0.3 is 0 Å². The molecule has 0 aliphatic heterocycles. The molecule has 0 unspecified atom stereocenters. The average molecular weight is 306 g/mol. The Hall–Kier alpha value is -0.292. The molecule has 0 saturated carbocycles. The van der Waals surface area contributed by atoms with Gasteiger partial charge in [-0.05, 0) is 0 Å². The van der Waals surface area contributed by atoms with Crippen molar-refractivity contribution in [1.29, 1.82) is 0 Å². The number of carbonyl (C=O) groups excluding carboxylic acids is 1. The summed E-state index contributed by atoms with van der Waals surface area (Å²) in [5.41, 5.74) is 0. The summed E-state index contributed by atoms with van der Waals surface area (Å²) in [6.07, 6.45) is 6.18. The summed E-state index contributed by atoms with van der Waals surface area (Å²) in [7, 11) is 0. The van der Waals surface area contributed by atoms with E-state index in [9.17, 15) is 4.79 Å². The fourth-order valence-corrected chi connectivity index (χ4v) is 1.09. The third-order valence-corrected chi connectivity index (χ3v) is 1.94. The standard InChI is InChI=1S/C8H10O.W/c1-3-4-5-6-7-8(2)9;/h3,6-7H,1,4H2,2H3;/b7-6-;. The molecule has 0 rings (SSSR count). The summed E-state index contributed by atoms with van der Waals surface area (Å²) in [4.78, 5) is 10.4. The molecule has 0 aliphatic carbocycles. The molecule has 0 spiro atoms. The third kappa shape index (κ3) is 5.84. The van der Waals surface area contributed by atoms with E-state index < -0.39 is 0 Å². The molecule has 0 amide bonds. The van der Waals surface area contributed by atoms with Gasteiger partial charge in [0.05, 0.1) is 0 Å². The minimum absolute atomic E-state index is 0.0998. The molecule has 2 heteroatoms. The molecule has 0 radical (unpaired) electrons. The van der Waals surface area contributed by atoms with Crippen LogP contribution in [-0.4, -0.2) is 9.68 Å². The van der Waals surface area contributed by atoms with Crippen molar-refractivity contribution in [3.05, 3.63) is 24.8 Å². The van der Waals surface area contributed by atoms with Crippen LogP contribution in [0.5, 0.6) is 0 Å². The van der Waals surface area contributed by atoms with Crippen LogP contribution in [0.4, 0.5) is 0 Å². The van der Waals surface area contributed by atoms with E-state index in [2.05, 4.69) is 6.58 Å². The van der Waals surface area contributed by atoms with E-state index in [4.69, 9.17) is 0 Å². The maximum atomic E-state index is 10.4. The van der Waals surface area contributed by atoms with E-state index >= 15 is 0 Å². The van der Waals surface area contributed by atoms with Gasteiger partial charge in [-0.25, -0.2) is 0 Å². The molecular weight excluding hydrogens is 296 g/mol. The van der Waals surface area contributed by atoms with Gasteiger partial charge in [0.25, 0.3) is 0 Å². The molecule has 0 fully saturated rings. The summed E-state index contributed by atoms with van der Waals surface area (Å²) in [6.45, 7) is 5.15. The van der Waals surface area contributed by atoms with E-state index in [0.29, 0.717) is 0 Å². The van der Waals surface area contributed by atoms with Crippen molar-refractivity contribution < 1.29 is 24.1 Å². The number of allylic oxidation sites excluding steroid dienone is 3. The first kappa shape index (κ1) is 9.71. The monoisotopic (exact) mass is 306 g/mol. The minimum atomic E-state index is 0.0998. The van der Waals surface area contributed by atoms with Gasteiger partial charge in [0.1, 0.15) is 0 Å². The van der Waals surface area contributed by atoms with Crippen LogP contribution in [0.15, 0.2) is 24.8 Å². The van der Waals surface area contributed by atoms with Gasteiger partial charge >= 0.3 is 72.0 Å². The summed E-state index contributed by atoms with van der Waals surface area (Å²) >= 11 is 1.40. The van der Waals surface area contributed by atoms with Crippen molar-refractivity contribution >= 4 is 9.68 Å². The molecular formula is C8H10OW. The van der Waals surface area contributed by atoms with Gasteiger partial charge in [0.15, 0.2) is 0 Å². The zero-order valence-corrected chi connectivity index (χ0v) is 8.90. The Morgan fingerprint density at radius 2 is 2.20 bits per heavy atom. The normalized spacial score (nSPS) is 9.70. The molecule has 0 heterocycles. The first-order valence-corrected chi connectivity index (χ1v) is 4.46. The number of hydrogen-bond donors (Lipinski definition) is 0.